The van der Waals surface area contributed by atoms with Crippen molar-refractivity contribution in [2.45, 2.75) is 12.1 Å². The predicted molar refractivity (Wildman–Crippen MR) is 38.1 cm³/mol. The van der Waals surface area contributed by atoms with Crippen LogP contribution < -0.4 is 4.98 Å². The summed E-state index contributed by atoms with van der Waals surface area (Å²) in [6.45, 7) is 1.28. The molecule has 12 heavy (non-hydrogen) atoms. The Kier molecular flexibility index (Phi) is 3.69. The Morgan fingerprint density at radius 1 is 1.42 bits per heavy atom. The van der Waals surface area contributed by atoms with Gasteiger partial charge in [0.25, 0.3) is 9.20 Å². The van der Waals surface area contributed by atoms with Gasteiger partial charge in [-0.2, -0.15) is 21.6 Å². The molecule has 0 rings (SSSR count). The van der Waals surface area contributed by atoms with Crippen LogP contribution in [0, 0.1) is 0 Å². The van der Waals surface area contributed by atoms with Gasteiger partial charge in [0.15, 0.2) is 0 Å². The van der Waals surface area contributed by atoms with Crippen LogP contribution in [0.5, 0.6) is 0 Å². The number of alkyl halides is 3. The number of hydrogen-bond acceptors (Lipinski definition) is 4. The molecule has 0 aromatic heterocycles. The van der Waals surface area contributed by atoms with Gasteiger partial charge < -0.3 is 4.98 Å². The van der Waals surface area contributed by atoms with Gasteiger partial charge in [-0.15, -0.1) is 0 Å². The Balaban J connectivity index is 4.46. The number of rotatable bonds is 3. The van der Waals surface area contributed by atoms with Gasteiger partial charge in [0.1, 0.15) is 0 Å². The summed E-state index contributed by atoms with van der Waals surface area (Å²) < 4.78 is 59.2. The average Bonchev–Trinajstić information content (AvgIpc) is 1.84. The van der Waals surface area contributed by atoms with Crippen LogP contribution in [0.25, 0.3) is 0 Å². The topological polar surface area (TPSA) is 55.4 Å². The summed E-state index contributed by atoms with van der Waals surface area (Å²) in [6.07, 6.45) is 0. The highest BCUT2D eigenvalue weighted by Gasteiger charge is 2.47. The minimum atomic E-state index is -5.41. The lowest BCUT2D eigenvalue weighted by atomic mass is 11.6. The van der Waals surface area contributed by atoms with Crippen LogP contribution in [0.3, 0.4) is 0 Å². The van der Waals surface area contributed by atoms with Crippen LogP contribution in [0.15, 0.2) is 0 Å². The molecule has 9 heteroatoms. The Morgan fingerprint density at radius 2 is 1.83 bits per heavy atom. The first-order valence-corrected chi connectivity index (χ1v) is 6.48. The van der Waals surface area contributed by atoms with E-state index in [2.05, 4.69) is 8.85 Å². The fraction of sp³-hybridized carbons (Fsp3) is 1.00. The van der Waals surface area contributed by atoms with E-state index in [1.807, 2.05) is 0 Å². The standard InChI is InChI=1S/C3H8F3NO3SSi/c1-7-12(2)10-11(8,9)3(4,5)6/h7,12H,1-2H3. The first-order chi connectivity index (χ1) is 5.20. The summed E-state index contributed by atoms with van der Waals surface area (Å²) in [6, 6.07) is 0. The number of nitrogens with one attached hydrogen (secondary N) is 1. The highest BCUT2D eigenvalue weighted by molar-refractivity contribution is 7.88. The molecule has 0 radical (unpaired) electrons. The van der Waals surface area contributed by atoms with Crippen molar-refractivity contribution in [2.75, 3.05) is 7.05 Å². The van der Waals surface area contributed by atoms with Crippen LogP contribution in [0.1, 0.15) is 0 Å². The van der Waals surface area contributed by atoms with Crippen LogP contribution in [0.4, 0.5) is 13.2 Å². The molecule has 0 aromatic carbocycles. The van der Waals surface area contributed by atoms with Gasteiger partial charge in [0, 0.05) is 0 Å². The van der Waals surface area contributed by atoms with Gasteiger partial charge in [-0.3, -0.25) is 3.87 Å². The first-order valence-electron chi connectivity index (χ1n) is 2.87. The lowest BCUT2D eigenvalue weighted by Crippen LogP contribution is -2.38. The van der Waals surface area contributed by atoms with Crippen molar-refractivity contribution in [1.29, 1.82) is 0 Å². The molecule has 0 heterocycles. The molecule has 0 fully saturated rings. The second-order valence-corrected chi connectivity index (χ2v) is 5.93. The van der Waals surface area contributed by atoms with E-state index in [0.717, 1.165) is 0 Å². The highest BCUT2D eigenvalue weighted by Crippen LogP contribution is 2.24. The zero-order valence-electron chi connectivity index (χ0n) is 6.34. The van der Waals surface area contributed by atoms with E-state index in [4.69, 9.17) is 0 Å². The van der Waals surface area contributed by atoms with Gasteiger partial charge in [0.05, 0.1) is 0 Å². The van der Waals surface area contributed by atoms with E-state index in [1.165, 1.54) is 13.6 Å². The number of hydrogen-bond donors (Lipinski definition) is 1. The molecule has 0 aliphatic heterocycles. The Bertz CT molecular complexity index is 238. The fourth-order valence-electron chi connectivity index (χ4n) is 0.293. The zero-order chi connectivity index (χ0) is 9.99. The van der Waals surface area contributed by atoms with Crippen molar-refractivity contribution >= 4 is 19.3 Å². The highest BCUT2D eigenvalue weighted by atomic mass is 32.2. The molecule has 4 nitrogen and oxygen atoms in total. The monoisotopic (exact) mass is 223 g/mol. The summed E-state index contributed by atoms with van der Waals surface area (Å²) in [5.74, 6) is 0. The molecule has 0 aliphatic rings. The Labute approximate surface area is 69.6 Å². The molecule has 1 unspecified atom stereocenters. The lowest BCUT2D eigenvalue weighted by molar-refractivity contribution is -0.0502. The van der Waals surface area contributed by atoms with Gasteiger partial charge in [-0.1, -0.05) is 0 Å². The molecule has 0 bridgehead atoms. The predicted octanol–water partition coefficient (Wildman–Crippen LogP) is -0.0777. The SMILES string of the molecule is CN[SiH](C)OS(=O)(=O)C(F)(F)F. The van der Waals surface area contributed by atoms with Gasteiger partial charge in [-0.05, 0) is 13.6 Å². The Hall–Kier alpha value is -0.123. The molecule has 1 N–H and O–H groups in total. The van der Waals surface area contributed by atoms with Crippen LogP contribution >= 0.6 is 0 Å². The summed E-state index contributed by atoms with van der Waals surface area (Å²) in [7, 11) is -6.54. The molecule has 0 saturated carbocycles. The van der Waals surface area contributed by atoms with Crippen molar-refractivity contribution in [1.82, 2.24) is 4.98 Å². The molecule has 0 saturated heterocycles. The quantitative estimate of drug-likeness (QED) is 0.537. The minimum Gasteiger partial charge on any atom is -0.321 e. The summed E-state index contributed by atoms with van der Waals surface area (Å²) in [5.41, 5.74) is -5.33. The van der Waals surface area contributed by atoms with E-state index in [-0.39, 0.29) is 0 Å². The van der Waals surface area contributed by atoms with E-state index < -0.39 is 24.8 Å². The van der Waals surface area contributed by atoms with Crippen molar-refractivity contribution < 1.29 is 25.5 Å². The maximum Gasteiger partial charge on any atom is 0.522 e. The van der Waals surface area contributed by atoms with Gasteiger partial charge >= 0.3 is 15.6 Å². The van der Waals surface area contributed by atoms with E-state index in [9.17, 15) is 21.6 Å². The van der Waals surface area contributed by atoms with E-state index in [0.29, 0.717) is 0 Å². The fourth-order valence-corrected chi connectivity index (χ4v) is 2.63. The van der Waals surface area contributed by atoms with Crippen molar-refractivity contribution in [3.8, 4) is 0 Å². The van der Waals surface area contributed by atoms with E-state index >= 15 is 0 Å². The van der Waals surface area contributed by atoms with Crippen LogP contribution in [-0.2, 0) is 14.0 Å². The van der Waals surface area contributed by atoms with Gasteiger partial charge in [-0.25, -0.2) is 0 Å². The molecule has 0 amide bonds. The third kappa shape index (κ3) is 3.09. The molecule has 0 spiro atoms. The molecular weight excluding hydrogens is 215 g/mol. The van der Waals surface area contributed by atoms with Crippen molar-refractivity contribution in [3.63, 3.8) is 0 Å². The summed E-state index contributed by atoms with van der Waals surface area (Å²) in [4.78, 5) is 2.33. The van der Waals surface area contributed by atoms with Crippen molar-refractivity contribution in [2.24, 2.45) is 0 Å². The third-order valence-corrected chi connectivity index (χ3v) is 4.51. The first kappa shape index (κ1) is 11.9. The lowest BCUT2D eigenvalue weighted by Gasteiger charge is -2.11. The maximum atomic E-state index is 11.6. The molecule has 0 aliphatic carbocycles. The maximum absolute atomic E-state index is 11.6. The molecule has 74 valence electrons. The largest absolute Gasteiger partial charge is 0.522 e. The summed E-state index contributed by atoms with van der Waals surface area (Å²) in [5, 5.41) is 0. The Morgan fingerprint density at radius 3 is 2.08 bits per heavy atom. The van der Waals surface area contributed by atoms with Gasteiger partial charge in [0.2, 0.25) is 0 Å². The molecular formula is C3H8F3NO3SSi. The molecule has 0 aromatic rings. The number of halogens is 3. The van der Waals surface area contributed by atoms with E-state index in [1.54, 1.807) is 0 Å². The van der Waals surface area contributed by atoms with Crippen LogP contribution in [0.2, 0.25) is 6.55 Å². The second-order valence-electron chi connectivity index (χ2n) is 1.93. The second kappa shape index (κ2) is 3.73. The summed E-state index contributed by atoms with van der Waals surface area (Å²) >= 11 is 0. The van der Waals surface area contributed by atoms with Crippen LogP contribution in [-0.4, -0.2) is 30.2 Å². The normalized spacial score (nSPS) is 16.1. The average molecular weight is 223 g/mol. The molecule has 1 atom stereocenters. The smallest absolute Gasteiger partial charge is 0.321 e. The van der Waals surface area contributed by atoms with Crippen molar-refractivity contribution in [3.05, 3.63) is 0 Å². The zero-order valence-corrected chi connectivity index (χ0v) is 8.32. The third-order valence-electron chi connectivity index (χ3n) is 0.961. The minimum absolute atomic E-state index is 1.28.